The number of carbonyl (C=O) groups is 2. The summed E-state index contributed by atoms with van der Waals surface area (Å²) in [6.07, 6.45) is 11.0. The van der Waals surface area contributed by atoms with Gasteiger partial charge in [-0.25, -0.2) is 0 Å². The van der Waals surface area contributed by atoms with Gasteiger partial charge in [0.1, 0.15) is 12.4 Å². The molecule has 0 bridgehead atoms. The zero-order valence-corrected chi connectivity index (χ0v) is 33.3. The summed E-state index contributed by atoms with van der Waals surface area (Å²) in [7, 11) is 1.66. The van der Waals surface area contributed by atoms with Crippen molar-refractivity contribution in [2.45, 2.75) is 83.2 Å². The molecule has 2 amide bonds. The predicted molar refractivity (Wildman–Crippen MR) is 227 cm³/mol. The highest BCUT2D eigenvalue weighted by Gasteiger charge is 2.34. The lowest BCUT2D eigenvalue weighted by atomic mass is 9.92. The number of carbonyl (C=O) groups excluding carboxylic acids is 2. The zero-order valence-electron chi connectivity index (χ0n) is 32.6. The van der Waals surface area contributed by atoms with Gasteiger partial charge in [-0.1, -0.05) is 42.8 Å². The normalized spacial score (nSPS) is 15.8. The molecule has 0 spiro atoms. The molecule has 0 fully saturated rings. The molecule has 0 aromatic heterocycles. The molecule has 2 aliphatic rings. The standard InChI is InChI=1S/C45H56ClN5O5/c1-54-41-24-33-23-32(11-10-21-48)28-49-38(33)25-42(41)55-22-9-3-5-15-44(53)51-29-34(27-46)45-37-13-7-6-12-36(37)40(26-39(45)51)56-30-31-16-18-35(19-17-31)50-43(52)14-4-2-8-20-47/h6-7,12-13,16-19,24-26,28,32,34H,2-5,8-11,14-15,20-23,27,29-30,47-48H2,1H3,(H,50,52)/t32?,34-/m1/s1. The number of halogens is 1. The van der Waals surface area contributed by atoms with Crippen molar-refractivity contribution in [3.8, 4) is 17.2 Å². The largest absolute Gasteiger partial charge is 0.493 e. The molecule has 2 aliphatic heterocycles. The van der Waals surface area contributed by atoms with E-state index in [-0.39, 0.29) is 17.7 Å². The van der Waals surface area contributed by atoms with Gasteiger partial charge in [0, 0.05) is 60.6 Å². The van der Waals surface area contributed by atoms with Gasteiger partial charge in [0.15, 0.2) is 11.5 Å². The van der Waals surface area contributed by atoms with Crippen molar-refractivity contribution in [2.75, 3.05) is 49.4 Å². The van der Waals surface area contributed by atoms with E-state index < -0.39 is 0 Å². The third kappa shape index (κ3) is 10.4. The lowest BCUT2D eigenvalue weighted by molar-refractivity contribution is -0.118. The third-order valence-corrected chi connectivity index (χ3v) is 11.1. The summed E-state index contributed by atoms with van der Waals surface area (Å²) in [6.45, 7) is 2.74. The Morgan fingerprint density at radius 1 is 0.857 bits per heavy atom. The Bertz CT molecular complexity index is 1970. The molecule has 10 nitrogen and oxygen atoms in total. The van der Waals surface area contributed by atoms with Gasteiger partial charge in [-0.3, -0.25) is 14.6 Å². The number of fused-ring (bicyclic) bond motifs is 4. The SMILES string of the molecule is COc1cc2c(cc1OCCCCCC(=O)N1C[C@@H](CCl)c3c1cc(OCc1ccc(NC(=O)CCCCCN)cc1)c1ccccc31)N=CC(CCCN)C2. The molecule has 56 heavy (non-hydrogen) atoms. The lowest BCUT2D eigenvalue weighted by Crippen LogP contribution is -2.29. The van der Waals surface area contributed by atoms with Gasteiger partial charge >= 0.3 is 0 Å². The summed E-state index contributed by atoms with van der Waals surface area (Å²) in [5.74, 6) is 3.05. The van der Waals surface area contributed by atoms with Gasteiger partial charge in [-0.2, -0.15) is 0 Å². The average Bonchev–Trinajstić information content (AvgIpc) is 3.61. The Morgan fingerprint density at radius 2 is 1.62 bits per heavy atom. The number of hydrogen-bond donors (Lipinski definition) is 3. The van der Waals surface area contributed by atoms with Crippen molar-refractivity contribution >= 4 is 57.5 Å². The first-order valence-electron chi connectivity index (χ1n) is 20.1. The molecule has 1 unspecified atom stereocenters. The summed E-state index contributed by atoms with van der Waals surface area (Å²) in [4.78, 5) is 32.7. The van der Waals surface area contributed by atoms with Crippen LogP contribution in [0.4, 0.5) is 17.1 Å². The Kier molecular flexibility index (Phi) is 15.0. The number of nitrogens with one attached hydrogen (secondary N) is 1. The minimum absolute atomic E-state index is 0.00446. The van der Waals surface area contributed by atoms with Crippen molar-refractivity contribution < 1.29 is 23.8 Å². The Morgan fingerprint density at radius 3 is 2.39 bits per heavy atom. The molecule has 4 aromatic carbocycles. The molecule has 6 rings (SSSR count). The maximum atomic E-state index is 13.8. The van der Waals surface area contributed by atoms with Crippen LogP contribution in [0.3, 0.4) is 0 Å². The van der Waals surface area contributed by atoms with Crippen LogP contribution in [0.1, 0.15) is 86.8 Å². The third-order valence-electron chi connectivity index (χ3n) is 10.7. The van der Waals surface area contributed by atoms with Crippen molar-refractivity contribution in [1.82, 2.24) is 0 Å². The Labute approximate surface area is 335 Å². The molecular weight excluding hydrogens is 726 g/mol. The first-order valence-corrected chi connectivity index (χ1v) is 20.7. The van der Waals surface area contributed by atoms with Gasteiger partial charge in [0.05, 0.1) is 25.1 Å². The van der Waals surface area contributed by atoms with Crippen molar-refractivity contribution in [3.63, 3.8) is 0 Å². The highest BCUT2D eigenvalue weighted by Crippen LogP contribution is 2.46. The fourth-order valence-electron chi connectivity index (χ4n) is 7.67. The highest BCUT2D eigenvalue weighted by atomic mass is 35.5. The fourth-order valence-corrected chi connectivity index (χ4v) is 7.92. The predicted octanol–water partition coefficient (Wildman–Crippen LogP) is 8.81. The van der Waals surface area contributed by atoms with Crippen LogP contribution in [0.2, 0.25) is 0 Å². The van der Waals surface area contributed by atoms with E-state index in [4.69, 9.17) is 42.3 Å². The molecule has 2 heterocycles. The quantitative estimate of drug-likeness (QED) is 0.0567. The molecular formula is C45H56ClN5O5. The van der Waals surface area contributed by atoms with Crippen molar-refractivity contribution in [2.24, 2.45) is 22.4 Å². The highest BCUT2D eigenvalue weighted by molar-refractivity contribution is 6.19. The fraction of sp³-hybridized carbons (Fsp3) is 0.444. The van der Waals surface area contributed by atoms with E-state index in [1.165, 1.54) is 5.56 Å². The summed E-state index contributed by atoms with van der Waals surface area (Å²) < 4.78 is 18.3. The smallest absolute Gasteiger partial charge is 0.227 e. The molecule has 0 saturated carbocycles. The zero-order chi connectivity index (χ0) is 39.3. The second kappa shape index (κ2) is 20.5. The maximum Gasteiger partial charge on any atom is 0.227 e. The van der Waals surface area contributed by atoms with Crippen LogP contribution in [-0.2, 0) is 22.6 Å². The van der Waals surface area contributed by atoms with Gasteiger partial charge in [0.25, 0.3) is 0 Å². The van der Waals surface area contributed by atoms with E-state index in [0.717, 1.165) is 102 Å². The number of benzene rings is 4. The number of rotatable bonds is 21. The number of unbranched alkanes of at least 4 members (excludes halogenated alkanes) is 4. The number of aliphatic imine (C=N–C) groups is 1. The monoisotopic (exact) mass is 781 g/mol. The second-order valence-corrected chi connectivity index (χ2v) is 15.1. The van der Waals surface area contributed by atoms with Gasteiger partial charge in [-0.05, 0) is 111 Å². The molecule has 2 atom stereocenters. The van der Waals surface area contributed by atoms with Gasteiger partial charge in [-0.15, -0.1) is 11.6 Å². The molecule has 0 saturated heterocycles. The van der Waals surface area contributed by atoms with Crippen LogP contribution in [0, 0.1) is 5.92 Å². The van der Waals surface area contributed by atoms with E-state index >= 15 is 0 Å². The van der Waals surface area contributed by atoms with Gasteiger partial charge < -0.3 is 35.9 Å². The first-order chi connectivity index (χ1) is 27.4. The molecule has 5 N–H and O–H groups in total. The number of nitrogens with two attached hydrogens (primary N) is 2. The van der Waals surface area contributed by atoms with E-state index in [0.29, 0.717) is 69.0 Å². The van der Waals surface area contributed by atoms with Crippen LogP contribution in [0.25, 0.3) is 10.8 Å². The number of anilines is 2. The number of ether oxygens (including phenoxy) is 3. The van der Waals surface area contributed by atoms with Crippen LogP contribution in [0.5, 0.6) is 17.2 Å². The summed E-state index contributed by atoms with van der Waals surface area (Å²) >= 11 is 6.53. The van der Waals surface area contributed by atoms with Crippen LogP contribution >= 0.6 is 11.6 Å². The lowest BCUT2D eigenvalue weighted by Gasteiger charge is -2.21. The van der Waals surface area contributed by atoms with Crippen molar-refractivity contribution in [1.29, 1.82) is 0 Å². The topological polar surface area (TPSA) is 142 Å². The number of hydrogen-bond acceptors (Lipinski definition) is 8. The maximum absolute atomic E-state index is 13.8. The molecule has 0 radical (unpaired) electrons. The number of methoxy groups -OCH3 is 1. The van der Waals surface area contributed by atoms with Crippen LogP contribution in [-0.4, -0.2) is 57.3 Å². The van der Waals surface area contributed by atoms with E-state index in [1.807, 2.05) is 65.7 Å². The summed E-state index contributed by atoms with van der Waals surface area (Å²) in [5, 5.41) is 5.01. The van der Waals surface area contributed by atoms with Gasteiger partial charge in [0.2, 0.25) is 11.8 Å². The Balaban J connectivity index is 1.03. The first kappa shape index (κ1) is 41.0. The molecule has 4 aromatic rings. The van der Waals surface area contributed by atoms with Crippen LogP contribution in [0.15, 0.2) is 71.7 Å². The van der Waals surface area contributed by atoms with Crippen LogP contribution < -0.4 is 35.9 Å². The number of alkyl halides is 1. The van der Waals surface area contributed by atoms with E-state index in [1.54, 1.807) is 7.11 Å². The van der Waals surface area contributed by atoms with E-state index in [2.05, 4.69) is 17.4 Å². The summed E-state index contributed by atoms with van der Waals surface area (Å²) in [5.41, 5.74) is 17.1. The molecule has 11 heteroatoms. The Hall–Kier alpha value is -4.64. The summed E-state index contributed by atoms with van der Waals surface area (Å²) in [6, 6.07) is 21.9. The number of nitrogens with zero attached hydrogens (tertiary/aromatic N) is 2. The minimum Gasteiger partial charge on any atom is -0.493 e. The second-order valence-electron chi connectivity index (χ2n) is 14.8. The molecule has 0 aliphatic carbocycles. The van der Waals surface area contributed by atoms with E-state index in [9.17, 15) is 9.59 Å². The average molecular weight is 782 g/mol. The van der Waals surface area contributed by atoms with Crippen molar-refractivity contribution in [3.05, 3.63) is 83.4 Å². The molecule has 298 valence electrons. The number of amides is 2. The minimum atomic E-state index is 0.00446.